The van der Waals surface area contributed by atoms with Crippen molar-refractivity contribution in [2.75, 3.05) is 20.2 Å². The molecular formula is C22H23N3O4. The van der Waals surface area contributed by atoms with Crippen LogP contribution in [-0.2, 0) is 4.79 Å². The maximum absolute atomic E-state index is 12.2. The van der Waals surface area contributed by atoms with E-state index in [0.717, 1.165) is 16.0 Å². The van der Waals surface area contributed by atoms with Gasteiger partial charge in [0.15, 0.2) is 0 Å². The average Bonchev–Trinajstić information content (AvgIpc) is 2.87. The molecule has 0 radical (unpaired) electrons. The van der Waals surface area contributed by atoms with Gasteiger partial charge in [-0.25, -0.2) is 4.79 Å². The van der Waals surface area contributed by atoms with Gasteiger partial charge in [-0.15, -0.1) is 0 Å². The number of hydrogen-bond donors (Lipinski definition) is 1. The summed E-state index contributed by atoms with van der Waals surface area (Å²) in [5.74, 6) is 0.288. The highest BCUT2D eigenvalue weighted by atomic mass is 16.5. The lowest BCUT2D eigenvalue weighted by Gasteiger charge is -2.29. The number of rotatable bonds is 6. The number of urea groups is 1. The number of aliphatic hydroxyl groups excluding tert-OH is 1. The molecule has 1 aliphatic rings. The van der Waals surface area contributed by atoms with Crippen LogP contribution in [0.15, 0.2) is 48.5 Å². The molecule has 1 N–H and O–H groups in total. The van der Waals surface area contributed by atoms with Crippen molar-refractivity contribution in [3.63, 3.8) is 0 Å². The smallest absolute Gasteiger partial charge is 0.327 e. The summed E-state index contributed by atoms with van der Waals surface area (Å²) < 4.78 is 5.63. The molecule has 1 fully saturated rings. The number of carbonyl (C=O) groups excluding carboxylic acids is 2. The van der Waals surface area contributed by atoms with Crippen LogP contribution >= 0.6 is 0 Å². The zero-order valence-corrected chi connectivity index (χ0v) is 16.6. The summed E-state index contributed by atoms with van der Waals surface area (Å²) >= 11 is 0. The molecule has 1 atom stereocenters. The monoisotopic (exact) mass is 393 g/mol. The lowest BCUT2D eigenvalue weighted by molar-refractivity contribution is -0.131. The minimum atomic E-state index is -0.991. The van der Waals surface area contributed by atoms with Crippen LogP contribution in [0.3, 0.4) is 0 Å². The fraction of sp³-hybridized carbons (Fsp3) is 0.318. The van der Waals surface area contributed by atoms with Crippen LogP contribution in [0, 0.1) is 11.3 Å². The van der Waals surface area contributed by atoms with Crippen LogP contribution in [0.25, 0.3) is 11.1 Å². The highest BCUT2D eigenvalue weighted by Gasteiger charge is 2.49. The fourth-order valence-corrected chi connectivity index (χ4v) is 3.28. The number of likely N-dealkylation sites (N-methyl/N-ethyl adjacent to an activating group) is 1. The van der Waals surface area contributed by atoms with E-state index >= 15 is 0 Å². The summed E-state index contributed by atoms with van der Waals surface area (Å²) in [7, 11) is 1.44. The normalized spacial score (nSPS) is 16.7. The van der Waals surface area contributed by atoms with Gasteiger partial charge in [0.05, 0.1) is 18.2 Å². The van der Waals surface area contributed by atoms with Gasteiger partial charge in [-0.2, -0.15) is 5.26 Å². The molecule has 1 aliphatic heterocycles. The fourth-order valence-electron chi connectivity index (χ4n) is 3.28. The minimum absolute atomic E-state index is 0.00520. The third-order valence-electron chi connectivity index (χ3n) is 5.06. The SMILES string of the molecule is CN1C(=O)N(CC(O)COc2ccc(-c3ccc(C#N)cc3)cc2)C(C)(C)C1=O. The van der Waals surface area contributed by atoms with Crippen molar-refractivity contribution >= 4 is 11.9 Å². The van der Waals surface area contributed by atoms with Gasteiger partial charge in [0.2, 0.25) is 0 Å². The van der Waals surface area contributed by atoms with Gasteiger partial charge in [0.25, 0.3) is 5.91 Å². The van der Waals surface area contributed by atoms with Gasteiger partial charge in [0, 0.05) is 7.05 Å². The molecule has 1 saturated heterocycles. The number of ether oxygens (including phenoxy) is 1. The van der Waals surface area contributed by atoms with Gasteiger partial charge < -0.3 is 14.7 Å². The van der Waals surface area contributed by atoms with Gasteiger partial charge in [-0.1, -0.05) is 24.3 Å². The van der Waals surface area contributed by atoms with Gasteiger partial charge in [-0.3, -0.25) is 9.69 Å². The number of benzene rings is 2. The Bertz CT molecular complexity index is 946. The third-order valence-corrected chi connectivity index (χ3v) is 5.06. The first-order valence-corrected chi connectivity index (χ1v) is 9.25. The minimum Gasteiger partial charge on any atom is -0.491 e. The molecule has 1 unspecified atom stereocenters. The van der Waals surface area contributed by atoms with E-state index in [9.17, 15) is 14.7 Å². The van der Waals surface area contributed by atoms with Crippen LogP contribution < -0.4 is 4.74 Å². The zero-order chi connectivity index (χ0) is 21.2. The molecule has 0 aliphatic carbocycles. The third kappa shape index (κ3) is 4.08. The predicted molar refractivity (Wildman–Crippen MR) is 107 cm³/mol. The highest BCUT2D eigenvalue weighted by molar-refractivity contribution is 6.06. The molecule has 0 spiro atoms. The molecule has 0 saturated carbocycles. The van der Waals surface area contributed by atoms with E-state index in [1.807, 2.05) is 24.3 Å². The molecule has 7 heteroatoms. The maximum Gasteiger partial charge on any atom is 0.327 e. The molecule has 7 nitrogen and oxygen atoms in total. The molecule has 2 aromatic carbocycles. The second-order valence-corrected chi connectivity index (χ2v) is 7.49. The number of aliphatic hydroxyl groups is 1. The van der Waals surface area contributed by atoms with E-state index in [4.69, 9.17) is 10.00 Å². The summed E-state index contributed by atoms with van der Waals surface area (Å²) in [6.07, 6.45) is -0.935. The first-order valence-electron chi connectivity index (χ1n) is 9.25. The standard InChI is InChI=1S/C22H23N3O4/c1-22(2)20(27)24(3)21(28)25(22)13-18(26)14-29-19-10-8-17(9-11-19)16-6-4-15(12-23)5-7-16/h4-11,18,26H,13-14H2,1-3H3. The quantitative estimate of drug-likeness (QED) is 0.762. The topological polar surface area (TPSA) is 93.9 Å². The summed E-state index contributed by atoms with van der Waals surface area (Å²) in [5.41, 5.74) is 1.58. The van der Waals surface area contributed by atoms with Gasteiger partial charge in [0.1, 0.15) is 24.0 Å². The molecule has 0 bridgehead atoms. The Hall–Kier alpha value is -3.37. The van der Waals surface area contributed by atoms with Crippen LogP contribution in [0.1, 0.15) is 19.4 Å². The van der Waals surface area contributed by atoms with Crippen molar-refractivity contribution in [1.29, 1.82) is 5.26 Å². The second kappa shape index (κ2) is 7.94. The van der Waals surface area contributed by atoms with Crippen LogP contribution in [0.2, 0.25) is 0 Å². The number of nitrogens with zero attached hydrogens (tertiary/aromatic N) is 3. The Morgan fingerprint density at radius 1 is 1.07 bits per heavy atom. The summed E-state index contributed by atoms with van der Waals surface area (Å²) in [5, 5.41) is 19.2. The summed E-state index contributed by atoms with van der Waals surface area (Å²) in [4.78, 5) is 26.8. The number of carbonyl (C=O) groups is 2. The van der Waals surface area contributed by atoms with Crippen LogP contribution in [0.4, 0.5) is 4.79 Å². The molecule has 29 heavy (non-hydrogen) atoms. The lowest BCUT2D eigenvalue weighted by atomic mass is 10.0. The molecule has 2 aromatic rings. The average molecular weight is 393 g/mol. The largest absolute Gasteiger partial charge is 0.491 e. The number of amides is 3. The molecule has 0 aromatic heterocycles. The van der Waals surface area contributed by atoms with E-state index in [-0.39, 0.29) is 19.1 Å². The molecule has 1 heterocycles. The Morgan fingerprint density at radius 2 is 1.62 bits per heavy atom. The number of β-amino-alcohol motifs (C(OH)–C–C–N with tert-alkyl or cyclic N) is 1. The Kier molecular flexibility index (Phi) is 5.57. The Labute approximate surface area is 169 Å². The predicted octanol–water partition coefficient (Wildman–Crippen LogP) is 2.64. The number of nitriles is 1. The molecule has 3 amide bonds. The van der Waals surface area contributed by atoms with Crippen molar-refractivity contribution in [2.24, 2.45) is 0 Å². The summed E-state index contributed by atoms with van der Waals surface area (Å²) in [6, 6.07) is 16.3. The summed E-state index contributed by atoms with van der Waals surface area (Å²) in [6.45, 7) is 3.32. The second-order valence-electron chi connectivity index (χ2n) is 7.49. The molecule has 3 rings (SSSR count). The van der Waals surface area contributed by atoms with Crippen LogP contribution in [-0.4, -0.2) is 58.7 Å². The molecule has 150 valence electrons. The van der Waals surface area contributed by atoms with Gasteiger partial charge >= 0.3 is 6.03 Å². The lowest BCUT2D eigenvalue weighted by Crippen LogP contribution is -2.48. The van der Waals surface area contributed by atoms with Crippen molar-refractivity contribution in [1.82, 2.24) is 9.80 Å². The first-order chi connectivity index (χ1) is 13.7. The number of imide groups is 1. The first kappa shape index (κ1) is 20.4. The van der Waals surface area contributed by atoms with E-state index in [1.54, 1.807) is 38.1 Å². The Balaban J connectivity index is 1.58. The Morgan fingerprint density at radius 3 is 2.10 bits per heavy atom. The van der Waals surface area contributed by atoms with Crippen molar-refractivity contribution in [3.05, 3.63) is 54.1 Å². The zero-order valence-electron chi connectivity index (χ0n) is 16.6. The molecular weight excluding hydrogens is 370 g/mol. The van der Waals surface area contributed by atoms with Crippen molar-refractivity contribution in [2.45, 2.75) is 25.5 Å². The highest BCUT2D eigenvalue weighted by Crippen LogP contribution is 2.27. The van der Waals surface area contributed by atoms with E-state index in [1.165, 1.54) is 11.9 Å². The van der Waals surface area contributed by atoms with Crippen molar-refractivity contribution < 1.29 is 19.4 Å². The van der Waals surface area contributed by atoms with Crippen LogP contribution in [0.5, 0.6) is 5.75 Å². The number of hydrogen-bond acceptors (Lipinski definition) is 5. The van der Waals surface area contributed by atoms with E-state index in [2.05, 4.69) is 6.07 Å². The van der Waals surface area contributed by atoms with Crippen molar-refractivity contribution in [3.8, 4) is 22.9 Å². The maximum atomic E-state index is 12.2. The van der Waals surface area contributed by atoms with E-state index < -0.39 is 17.7 Å². The van der Waals surface area contributed by atoms with E-state index in [0.29, 0.717) is 11.3 Å². The van der Waals surface area contributed by atoms with Gasteiger partial charge in [-0.05, 0) is 49.2 Å².